The number of benzene rings is 1. The van der Waals surface area contributed by atoms with Crippen LogP contribution in [0.1, 0.15) is 22.2 Å². The van der Waals surface area contributed by atoms with Crippen molar-refractivity contribution in [3.63, 3.8) is 0 Å². The number of para-hydroxylation sites is 1. The van der Waals surface area contributed by atoms with Gasteiger partial charge >= 0.3 is 0 Å². The third-order valence-electron chi connectivity index (χ3n) is 4.52. The highest BCUT2D eigenvalue weighted by molar-refractivity contribution is 6.06. The van der Waals surface area contributed by atoms with E-state index < -0.39 is 0 Å². The molecule has 1 N–H and O–H groups in total. The molecule has 2 saturated heterocycles. The van der Waals surface area contributed by atoms with E-state index in [0.717, 1.165) is 29.7 Å². The number of rotatable bonds is 2. The lowest BCUT2D eigenvalue weighted by Crippen LogP contribution is -2.41. The van der Waals surface area contributed by atoms with Crippen LogP contribution in [0.25, 0.3) is 10.9 Å². The van der Waals surface area contributed by atoms with Gasteiger partial charge in [0.05, 0.1) is 36.6 Å². The highest BCUT2D eigenvalue weighted by Gasteiger charge is 2.24. The molecule has 126 valence electrons. The number of carbonyl (C=O) groups excluding carboxylic acids is 1. The predicted octanol–water partition coefficient (Wildman–Crippen LogP) is 1.37. The van der Waals surface area contributed by atoms with Gasteiger partial charge in [-0.25, -0.2) is 4.98 Å². The van der Waals surface area contributed by atoms with Crippen molar-refractivity contribution in [1.29, 1.82) is 0 Å². The van der Waals surface area contributed by atoms with Crippen LogP contribution in [0, 0.1) is 0 Å². The summed E-state index contributed by atoms with van der Waals surface area (Å²) in [7, 11) is 0. The topological polar surface area (TPSA) is 63.7 Å². The molecule has 0 aliphatic carbocycles. The van der Waals surface area contributed by atoms with Crippen molar-refractivity contribution in [3.05, 3.63) is 41.6 Å². The Morgan fingerprint density at radius 2 is 2.04 bits per heavy atom. The molecule has 2 aromatic rings. The van der Waals surface area contributed by atoms with Gasteiger partial charge in [0.1, 0.15) is 6.10 Å². The first-order valence-corrected chi connectivity index (χ1v) is 8.42. The van der Waals surface area contributed by atoms with Crippen molar-refractivity contribution in [2.24, 2.45) is 0 Å². The zero-order chi connectivity index (χ0) is 16.4. The summed E-state index contributed by atoms with van der Waals surface area (Å²) in [5.74, 6) is 0.0434. The molecule has 1 aromatic heterocycles. The molecule has 1 amide bonds. The second kappa shape index (κ2) is 6.84. The lowest BCUT2D eigenvalue weighted by Gasteiger charge is -2.28. The second-order valence-electron chi connectivity index (χ2n) is 6.08. The van der Waals surface area contributed by atoms with Crippen molar-refractivity contribution in [2.75, 3.05) is 46.0 Å². The number of hydrogen-bond acceptors (Lipinski definition) is 5. The van der Waals surface area contributed by atoms with Gasteiger partial charge in [-0.2, -0.15) is 0 Å². The number of nitrogens with one attached hydrogen (secondary N) is 1. The third-order valence-corrected chi connectivity index (χ3v) is 4.52. The lowest BCUT2D eigenvalue weighted by atomic mass is 10.0. The molecule has 6 nitrogen and oxygen atoms in total. The van der Waals surface area contributed by atoms with E-state index in [1.807, 2.05) is 35.2 Å². The molecule has 2 aliphatic rings. The summed E-state index contributed by atoms with van der Waals surface area (Å²) in [5, 5.41) is 4.21. The molecule has 3 heterocycles. The van der Waals surface area contributed by atoms with Gasteiger partial charge in [-0.1, -0.05) is 18.2 Å². The summed E-state index contributed by atoms with van der Waals surface area (Å²) in [6.07, 6.45) is -0.111. The zero-order valence-corrected chi connectivity index (χ0v) is 13.5. The Labute approximate surface area is 140 Å². The number of morpholine rings is 2. The molecular weight excluding hydrogens is 306 g/mol. The molecule has 0 spiro atoms. The second-order valence-corrected chi connectivity index (χ2v) is 6.08. The van der Waals surface area contributed by atoms with E-state index in [1.165, 1.54) is 0 Å². The van der Waals surface area contributed by atoms with Gasteiger partial charge in [0.2, 0.25) is 0 Å². The normalized spacial score (nSPS) is 21.8. The van der Waals surface area contributed by atoms with Crippen molar-refractivity contribution < 1.29 is 14.3 Å². The van der Waals surface area contributed by atoms with Crippen molar-refractivity contribution in [3.8, 4) is 0 Å². The number of fused-ring (bicyclic) bond motifs is 1. The van der Waals surface area contributed by atoms with Gasteiger partial charge in [0.15, 0.2) is 0 Å². The summed E-state index contributed by atoms with van der Waals surface area (Å²) in [6, 6.07) is 9.70. The van der Waals surface area contributed by atoms with Crippen LogP contribution in [0.15, 0.2) is 30.3 Å². The third kappa shape index (κ3) is 3.00. The highest BCUT2D eigenvalue weighted by Crippen LogP contribution is 2.25. The molecule has 1 atom stereocenters. The van der Waals surface area contributed by atoms with E-state index in [4.69, 9.17) is 14.5 Å². The first kappa shape index (κ1) is 15.5. The fourth-order valence-corrected chi connectivity index (χ4v) is 3.23. The molecule has 6 heteroatoms. The molecular formula is C18H21N3O3. The molecule has 0 radical (unpaired) electrons. The summed E-state index contributed by atoms with van der Waals surface area (Å²) in [6.45, 7) is 4.68. The maximum atomic E-state index is 13.0. The number of carbonyl (C=O) groups is 1. The number of ether oxygens (including phenoxy) is 2. The predicted molar refractivity (Wildman–Crippen MR) is 90.0 cm³/mol. The minimum absolute atomic E-state index is 0.0434. The maximum absolute atomic E-state index is 13.0. The summed E-state index contributed by atoms with van der Waals surface area (Å²) in [4.78, 5) is 19.6. The summed E-state index contributed by atoms with van der Waals surface area (Å²) in [5.41, 5.74) is 2.35. The Morgan fingerprint density at radius 1 is 1.21 bits per heavy atom. The van der Waals surface area contributed by atoms with Gasteiger partial charge in [-0.3, -0.25) is 4.79 Å². The van der Waals surface area contributed by atoms with Crippen LogP contribution >= 0.6 is 0 Å². The SMILES string of the molecule is O=C(c1cc([C@H]2CNCCO2)nc2ccccc12)N1CCOCC1. The lowest BCUT2D eigenvalue weighted by molar-refractivity contribution is 0.0248. The van der Waals surface area contributed by atoms with Crippen molar-refractivity contribution in [1.82, 2.24) is 15.2 Å². The van der Waals surface area contributed by atoms with E-state index in [1.54, 1.807) is 0 Å². The molecule has 0 unspecified atom stereocenters. The molecule has 0 saturated carbocycles. The largest absolute Gasteiger partial charge is 0.378 e. The Bertz CT molecular complexity index is 737. The van der Waals surface area contributed by atoms with Crippen LogP contribution in [0.4, 0.5) is 0 Å². The highest BCUT2D eigenvalue weighted by atomic mass is 16.5. The number of hydrogen-bond donors (Lipinski definition) is 1. The average molecular weight is 327 g/mol. The van der Waals surface area contributed by atoms with Gasteiger partial charge in [-0.15, -0.1) is 0 Å². The molecule has 4 rings (SSSR count). The Morgan fingerprint density at radius 3 is 2.83 bits per heavy atom. The number of amides is 1. The van der Waals surface area contributed by atoms with E-state index in [0.29, 0.717) is 38.5 Å². The standard InChI is InChI=1S/C18H21N3O3/c22-18(21-6-9-23-10-7-21)14-11-16(17-12-19-5-8-24-17)20-15-4-2-1-3-13(14)15/h1-4,11,17,19H,5-10,12H2/t17-/m1/s1. The monoisotopic (exact) mass is 327 g/mol. The van der Waals surface area contributed by atoms with Crippen molar-refractivity contribution >= 4 is 16.8 Å². The zero-order valence-electron chi connectivity index (χ0n) is 13.5. The first-order chi connectivity index (χ1) is 11.8. The molecule has 0 bridgehead atoms. The van der Waals surface area contributed by atoms with Crippen LogP contribution in [-0.4, -0.2) is 61.8 Å². The first-order valence-electron chi connectivity index (χ1n) is 8.42. The van der Waals surface area contributed by atoms with E-state index >= 15 is 0 Å². The quantitative estimate of drug-likeness (QED) is 0.902. The molecule has 1 aromatic carbocycles. The van der Waals surface area contributed by atoms with Crippen LogP contribution < -0.4 is 5.32 Å². The minimum atomic E-state index is -0.111. The van der Waals surface area contributed by atoms with Crippen LogP contribution in [0.5, 0.6) is 0 Å². The number of pyridine rings is 1. The minimum Gasteiger partial charge on any atom is -0.378 e. The van der Waals surface area contributed by atoms with Gasteiger partial charge < -0.3 is 19.7 Å². The number of nitrogens with zero attached hydrogens (tertiary/aromatic N) is 2. The van der Waals surface area contributed by atoms with E-state index in [-0.39, 0.29) is 12.0 Å². The van der Waals surface area contributed by atoms with E-state index in [2.05, 4.69) is 5.32 Å². The van der Waals surface area contributed by atoms with Gasteiger partial charge in [0, 0.05) is 31.6 Å². The molecule has 2 aliphatic heterocycles. The van der Waals surface area contributed by atoms with Crippen LogP contribution in [0.3, 0.4) is 0 Å². The fourth-order valence-electron chi connectivity index (χ4n) is 3.23. The maximum Gasteiger partial charge on any atom is 0.254 e. The fraction of sp³-hybridized carbons (Fsp3) is 0.444. The Kier molecular flexibility index (Phi) is 4.42. The average Bonchev–Trinajstić information content (AvgIpc) is 2.68. The van der Waals surface area contributed by atoms with Gasteiger partial charge in [-0.05, 0) is 12.1 Å². The molecule has 24 heavy (non-hydrogen) atoms. The number of aromatic nitrogens is 1. The van der Waals surface area contributed by atoms with Gasteiger partial charge in [0.25, 0.3) is 5.91 Å². The Balaban J connectivity index is 1.75. The van der Waals surface area contributed by atoms with E-state index in [9.17, 15) is 4.79 Å². The Hall–Kier alpha value is -2.02. The smallest absolute Gasteiger partial charge is 0.254 e. The van der Waals surface area contributed by atoms with Crippen LogP contribution in [-0.2, 0) is 9.47 Å². The summed E-state index contributed by atoms with van der Waals surface area (Å²) < 4.78 is 11.2. The van der Waals surface area contributed by atoms with Crippen molar-refractivity contribution in [2.45, 2.75) is 6.10 Å². The summed E-state index contributed by atoms with van der Waals surface area (Å²) >= 11 is 0. The van der Waals surface area contributed by atoms with Crippen LogP contribution in [0.2, 0.25) is 0 Å². The molecule has 2 fully saturated rings.